The van der Waals surface area contributed by atoms with E-state index in [1.54, 1.807) is 37.0 Å². The average Bonchev–Trinajstić information content (AvgIpc) is 2.54. The van der Waals surface area contributed by atoms with Gasteiger partial charge in [0.1, 0.15) is 0 Å². The summed E-state index contributed by atoms with van der Waals surface area (Å²) in [5.41, 5.74) is 1.05. The lowest BCUT2D eigenvalue weighted by Gasteiger charge is -2.21. The minimum absolute atomic E-state index is 0.0603. The standard InChI is InChI=1S/C15H21N3O2S/c1-16-15(20)12-4-2-3-5-13(12)18-14(19)10-21-11-6-8-17-9-7-11/h2-5,11,17H,6-10H2,1H3,(H,16,20)(H,18,19). The summed E-state index contributed by atoms with van der Waals surface area (Å²) in [6, 6.07) is 7.04. The van der Waals surface area contributed by atoms with Crippen molar-refractivity contribution in [3.05, 3.63) is 29.8 Å². The number of thioether (sulfide) groups is 1. The smallest absolute Gasteiger partial charge is 0.253 e. The third-order valence-corrected chi connectivity index (χ3v) is 4.78. The van der Waals surface area contributed by atoms with Gasteiger partial charge in [0.25, 0.3) is 5.91 Å². The second-order valence-electron chi connectivity index (χ2n) is 4.93. The van der Waals surface area contributed by atoms with Crippen molar-refractivity contribution in [2.75, 3.05) is 31.2 Å². The number of amides is 2. The van der Waals surface area contributed by atoms with Gasteiger partial charge in [-0.05, 0) is 38.1 Å². The fourth-order valence-corrected chi connectivity index (χ4v) is 3.30. The fourth-order valence-electron chi connectivity index (χ4n) is 2.27. The van der Waals surface area contributed by atoms with Gasteiger partial charge in [-0.25, -0.2) is 0 Å². The van der Waals surface area contributed by atoms with Crippen LogP contribution in [0.1, 0.15) is 23.2 Å². The Hall–Kier alpha value is -1.53. The Labute approximate surface area is 129 Å². The number of hydrogen-bond acceptors (Lipinski definition) is 4. The van der Waals surface area contributed by atoms with Crippen molar-refractivity contribution in [2.24, 2.45) is 0 Å². The number of carbonyl (C=O) groups is 2. The van der Waals surface area contributed by atoms with E-state index in [9.17, 15) is 9.59 Å². The first-order valence-corrected chi connectivity index (χ1v) is 8.19. The molecule has 0 spiro atoms. The summed E-state index contributed by atoms with van der Waals surface area (Å²) in [4.78, 5) is 23.8. The van der Waals surface area contributed by atoms with E-state index in [0.29, 0.717) is 22.3 Å². The molecule has 1 fully saturated rings. The van der Waals surface area contributed by atoms with Gasteiger partial charge in [0.15, 0.2) is 0 Å². The van der Waals surface area contributed by atoms with E-state index in [2.05, 4.69) is 16.0 Å². The molecule has 1 aromatic carbocycles. The van der Waals surface area contributed by atoms with Crippen molar-refractivity contribution in [2.45, 2.75) is 18.1 Å². The van der Waals surface area contributed by atoms with Crippen molar-refractivity contribution in [1.82, 2.24) is 10.6 Å². The van der Waals surface area contributed by atoms with Crippen LogP contribution < -0.4 is 16.0 Å². The molecule has 1 aliphatic rings. The zero-order valence-electron chi connectivity index (χ0n) is 12.1. The minimum atomic E-state index is -0.197. The molecule has 1 aliphatic heterocycles. The summed E-state index contributed by atoms with van der Waals surface area (Å²) in [5.74, 6) is 0.166. The van der Waals surface area contributed by atoms with Gasteiger partial charge in [0.2, 0.25) is 5.91 Å². The van der Waals surface area contributed by atoms with Crippen molar-refractivity contribution < 1.29 is 9.59 Å². The van der Waals surface area contributed by atoms with Crippen LogP contribution >= 0.6 is 11.8 Å². The van der Waals surface area contributed by atoms with E-state index in [1.807, 2.05) is 6.07 Å². The monoisotopic (exact) mass is 307 g/mol. The van der Waals surface area contributed by atoms with Crippen LogP contribution in [0.5, 0.6) is 0 Å². The number of hydrogen-bond donors (Lipinski definition) is 3. The number of para-hydroxylation sites is 1. The normalized spacial score (nSPS) is 15.5. The molecule has 0 radical (unpaired) electrons. The molecule has 0 bridgehead atoms. The van der Waals surface area contributed by atoms with Crippen molar-refractivity contribution in [3.8, 4) is 0 Å². The lowest BCUT2D eigenvalue weighted by Crippen LogP contribution is -2.30. The maximum Gasteiger partial charge on any atom is 0.253 e. The number of benzene rings is 1. The maximum absolute atomic E-state index is 12.0. The highest BCUT2D eigenvalue weighted by Gasteiger charge is 2.16. The van der Waals surface area contributed by atoms with Gasteiger partial charge < -0.3 is 16.0 Å². The van der Waals surface area contributed by atoms with Crippen molar-refractivity contribution in [1.29, 1.82) is 0 Å². The highest BCUT2D eigenvalue weighted by atomic mass is 32.2. The van der Waals surface area contributed by atoms with Crippen molar-refractivity contribution >= 4 is 29.3 Å². The molecule has 3 N–H and O–H groups in total. The van der Waals surface area contributed by atoms with Crippen LogP contribution in [0.4, 0.5) is 5.69 Å². The molecule has 1 aromatic rings. The molecule has 1 heterocycles. The maximum atomic E-state index is 12.0. The summed E-state index contributed by atoms with van der Waals surface area (Å²) in [6.45, 7) is 2.05. The second-order valence-corrected chi connectivity index (χ2v) is 6.22. The van der Waals surface area contributed by atoms with E-state index in [4.69, 9.17) is 0 Å². The molecule has 21 heavy (non-hydrogen) atoms. The van der Waals surface area contributed by atoms with Gasteiger partial charge in [-0.15, -0.1) is 11.8 Å². The van der Waals surface area contributed by atoms with Crippen LogP contribution in [0.2, 0.25) is 0 Å². The van der Waals surface area contributed by atoms with Gasteiger partial charge in [-0.3, -0.25) is 9.59 Å². The van der Waals surface area contributed by atoms with Gasteiger partial charge >= 0.3 is 0 Å². The van der Waals surface area contributed by atoms with Crippen LogP contribution in [0.15, 0.2) is 24.3 Å². The van der Waals surface area contributed by atoms with Crippen LogP contribution in [-0.4, -0.2) is 43.0 Å². The highest BCUT2D eigenvalue weighted by molar-refractivity contribution is 8.00. The minimum Gasteiger partial charge on any atom is -0.355 e. The molecule has 6 heteroatoms. The molecular formula is C15H21N3O2S. The van der Waals surface area contributed by atoms with E-state index in [1.165, 1.54) is 0 Å². The molecule has 5 nitrogen and oxygen atoms in total. The summed E-state index contributed by atoms with van der Waals surface area (Å²) >= 11 is 1.69. The third kappa shape index (κ3) is 4.75. The van der Waals surface area contributed by atoms with Gasteiger partial charge in [-0.1, -0.05) is 12.1 Å². The lowest BCUT2D eigenvalue weighted by atomic mass is 10.1. The lowest BCUT2D eigenvalue weighted by molar-refractivity contribution is -0.113. The SMILES string of the molecule is CNC(=O)c1ccccc1NC(=O)CSC1CCNCC1. The number of nitrogens with one attached hydrogen (secondary N) is 3. The molecule has 2 rings (SSSR count). The summed E-state index contributed by atoms with van der Waals surface area (Å²) in [7, 11) is 1.58. The predicted octanol–water partition coefficient (Wildman–Crippen LogP) is 1.47. The van der Waals surface area contributed by atoms with Crippen LogP contribution in [-0.2, 0) is 4.79 Å². The van der Waals surface area contributed by atoms with E-state index in [0.717, 1.165) is 25.9 Å². The Balaban J connectivity index is 1.88. The molecule has 114 valence electrons. The number of anilines is 1. The molecule has 0 saturated carbocycles. The van der Waals surface area contributed by atoms with E-state index in [-0.39, 0.29) is 11.8 Å². The molecular weight excluding hydrogens is 286 g/mol. The molecule has 0 aromatic heterocycles. The molecule has 0 unspecified atom stereocenters. The average molecular weight is 307 g/mol. The summed E-state index contributed by atoms with van der Waals surface area (Å²) < 4.78 is 0. The fraction of sp³-hybridized carbons (Fsp3) is 0.467. The Kier molecular flexibility index (Phi) is 6.07. The summed E-state index contributed by atoms with van der Waals surface area (Å²) in [5, 5.41) is 9.26. The largest absolute Gasteiger partial charge is 0.355 e. The Morgan fingerprint density at radius 2 is 2.00 bits per heavy atom. The first-order chi connectivity index (χ1) is 10.2. The zero-order valence-corrected chi connectivity index (χ0v) is 13.0. The van der Waals surface area contributed by atoms with Gasteiger partial charge in [-0.2, -0.15) is 0 Å². The zero-order chi connectivity index (χ0) is 15.1. The first kappa shape index (κ1) is 15.9. The first-order valence-electron chi connectivity index (χ1n) is 7.14. The third-order valence-electron chi connectivity index (χ3n) is 3.41. The Bertz CT molecular complexity index is 501. The van der Waals surface area contributed by atoms with Crippen LogP contribution in [0.3, 0.4) is 0 Å². The number of carbonyl (C=O) groups excluding carboxylic acids is 2. The summed E-state index contributed by atoms with van der Waals surface area (Å²) in [6.07, 6.45) is 2.21. The Morgan fingerprint density at radius 1 is 1.29 bits per heavy atom. The van der Waals surface area contributed by atoms with Crippen molar-refractivity contribution in [3.63, 3.8) is 0 Å². The van der Waals surface area contributed by atoms with Crippen LogP contribution in [0, 0.1) is 0 Å². The second kappa shape index (κ2) is 8.05. The van der Waals surface area contributed by atoms with E-state index < -0.39 is 0 Å². The predicted molar refractivity (Wildman–Crippen MR) is 86.8 cm³/mol. The van der Waals surface area contributed by atoms with Crippen LogP contribution in [0.25, 0.3) is 0 Å². The van der Waals surface area contributed by atoms with Gasteiger partial charge in [0.05, 0.1) is 17.0 Å². The van der Waals surface area contributed by atoms with E-state index >= 15 is 0 Å². The number of piperidine rings is 1. The molecule has 0 aliphatic carbocycles. The quantitative estimate of drug-likeness (QED) is 0.770. The molecule has 2 amide bonds. The molecule has 0 atom stereocenters. The number of rotatable bonds is 5. The highest BCUT2D eigenvalue weighted by Crippen LogP contribution is 2.21. The molecule has 1 saturated heterocycles. The Morgan fingerprint density at radius 3 is 2.71 bits per heavy atom. The topological polar surface area (TPSA) is 70.2 Å². The van der Waals surface area contributed by atoms with Gasteiger partial charge in [0, 0.05) is 12.3 Å².